The Morgan fingerprint density at radius 2 is 1.88 bits per heavy atom. The lowest BCUT2D eigenvalue weighted by molar-refractivity contribution is -0.118. The summed E-state index contributed by atoms with van der Waals surface area (Å²) in [6.45, 7) is 0.519. The van der Waals surface area contributed by atoms with E-state index in [1.807, 2.05) is 6.07 Å². The molecule has 2 aromatic rings. The fraction of sp³-hybridized carbons (Fsp3) is 0.235. The second-order valence-corrected chi connectivity index (χ2v) is 8.14. The van der Waals surface area contributed by atoms with Gasteiger partial charge in [-0.05, 0) is 54.4 Å². The molecule has 1 amide bonds. The highest BCUT2D eigenvalue weighted by atomic mass is 35.5. The number of amides is 1. The fourth-order valence-corrected chi connectivity index (χ4v) is 4.17. The number of sulfone groups is 1. The summed E-state index contributed by atoms with van der Waals surface area (Å²) in [4.78, 5) is 14.0. The number of hydrogen-bond acceptors (Lipinski definition) is 3. The topological polar surface area (TPSA) is 54.5 Å². The summed E-state index contributed by atoms with van der Waals surface area (Å²) in [7, 11) is -3.62. The Kier molecular flexibility index (Phi) is 4.60. The molecule has 3 rings (SSSR count). The molecule has 0 radical (unpaired) electrons. The number of halogens is 2. The Morgan fingerprint density at radius 1 is 1.17 bits per heavy atom. The van der Waals surface area contributed by atoms with Gasteiger partial charge < -0.3 is 4.90 Å². The van der Waals surface area contributed by atoms with Crippen LogP contribution in [0.2, 0.25) is 5.02 Å². The van der Waals surface area contributed by atoms with E-state index < -0.39 is 15.7 Å². The summed E-state index contributed by atoms with van der Waals surface area (Å²) in [6.07, 6.45) is 0.578. The van der Waals surface area contributed by atoms with E-state index in [9.17, 15) is 17.6 Å². The van der Waals surface area contributed by atoms with E-state index in [4.69, 9.17) is 11.6 Å². The van der Waals surface area contributed by atoms with Gasteiger partial charge in [-0.15, -0.1) is 0 Å². The molecule has 0 aromatic heterocycles. The Labute approximate surface area is 144 Å². The van der Waals surface area contributed by atoms with Crippen molar-refractivity contribution in [2.75, 3.05) is 17.2 Å². The fourth-order valence-electron chi connectivity index (χ4n) is 2.75. The number of fused-ring (bicyclic) bond motifs is 1. The van der Waals surface area contributed by atoms with Crippen LogP contribution in [-0.4, -0.2) is 26.6 Å². The van der Waals surface area contributed by atoms with E-state index in [0.717, 1.165) is 23.4 Å². The summed E-state index contributed by atoms with van der Waals surface area (Å²) >= 11 is 5.94. The first-order chi connectivity index (χ1) is 11.4. The zero-order valence-electron chi connectivity index (χ0n) is 12.7. The van der Waals surface area contributed by atoms with Crippen LogP contribution in [0.15, 0.2) is 47.4 Å². The Bertz CT molecular complexity index is 881. The number of rotatable bonds is 4. The molecule has 0 fully saturated rings. The van der Waals surface area contributed by atoms with Gasteiger partial charge in [-0.2, -0.15) is 0 Å². The smallest absolute Gasteiger partial charge is 0.228 e. The number of carbonyl (C=O) groups excluding carboxylic acids is 1. The molecule has 1 aliphatic rings. The molecule has 0 bridgehead atoms. The number of anilines is 1. The molecule has 1 aliphatic heterocycles. The maximum absolute atomic E-state index is 12.9. The normalized spacial score (nSPS) is 13.8. The zero-order valence-corrected chi connectivity index (χ0v) is 14.3. The second kappa shape index (κ2) is 6.53. The van der Waals surface area contributed by atoms with Gasteiger partial charge in [-0.1, -0.05) is 11.6 Å². The third-order valence-electron chi connectivity index (χ3n) is 4.00. The minimum atomic E-state index is -3.62. The molecule has 7 heteroatoms. The summed E-state index contributed by atoms with van der Waals surface area (Å²) < 4.78 is 37.4. The standard InChI is InChI=1S/C17H15ClFNO3S/c18-13-1-6-16-12(11-13)7-9-20(16)17(21)8-10-24(22,23)15-4-2-14(19)3-5-15/h1-6,11H,7-10H2. The highest BCUT2D eigenvalue weighted by molar-refractivity contribution is 7.91. The Morgan fingerprint density at radius 3 is 2.58 bits per heavy atom. The van der Waals surface area contributed by atoms with Gasteiger partial charge in [0.05, 0.1) is 10.6 Å². The van der Waals surface area contributed by atoms with Crippen LogP contribution in [0.1, 0.15) is 12.0 Å². The lowest BCUT2D eigenvalue weighted by Gasteiger charge is -2.17. The van der Waals surface area contributed by atoms with Crippen molar-refractivity contribution in [3.8, 4) is 0 Å². The maximum atomic E-state index is 12.9. The summed E-state index contributed by atoms with van der Waals surface area (Å²) in [5.41, 5.74) is 1.76. The molecule has 126 valence electrons. The number of hydrogen-bond donors (Lipinski definition) is 0. The SMILES string of the molecule is O=C(CCS(=O)(=O)c1ccc(F)cc1)N1CCc2cc(Cl)ccc21. The number of nitrogens with zero attached hydrogens (tertiary/aromatic N) is 1. The molecular formula is C17H15ClFNO3S. The van der Waals surface area contributed by atoms with Gasteiger partial charge in [0, 0.05) is 23.7 Å². The maximum Gasteiger partial charge on any atom is 0.228 e. The first-order valence-electron chi connectivity index (χ1n) is 7.44. The molecular weight excluding hydrogens is 353 g/mol. The van der Waals surface area contributed by atoms with Crippen molar-refractivity contribution in [2.45, 2.75) is 17.7 Å². The van der Waals surface area contributed by atoms with E-state index in [0.29, 0.717) is 18.0 Å². The summed E-state index contributed by atoms with van der Waals surface area (Å²) in [6, 6.07) is 9.91. The van der Waals surface area contributed by atoms with Gasteiger partial charge in [-0.3, -0.25) is 4.79 Å². The minimum absolute atomic E-state index is 0.0188. The molecule has 0 saturated carbocycles. The van der Waals surface area contributed by atoms with E-state index in [2.05, 4.69) is 0 Å². The van der Waals surface area contributed by atoms with Gasteiger partial charge in [0.15, 0.2) is 9.84 Å². The molecule has 0 aliphatic carbocycles. The third kappa shape index (κ3) is 3.44. The van der Waals surface area contributed by atoms with Crippen molar-refractivity contribution in [2.24, 2.45) is 0 Å². The Balaban J connectivity index is 1.69. The summed E-state index contributed by atoms with van der Waals surface area (Å²) in [5, 5.41) is 0.613. The van der Waals surface area contributed by atoms with Crippen LogP contribution in [0.3, 0.4) is 0 Å². The van der Waals surface area contributed by atoms with Gasteiger partial charge in [0.1, 0.15) is 5.82 Å². The van der Waals surface area contributed by atoms with E-state index in [-0.39, 0.29) is 23.0 Å². The number of carbonyl (C=O) groups is 1. The van der Waals surface area contributed by atoms with Crippen LogP contribution >= 0.6 is 11.6 Å². The zero-order chi connectivity index (χ0) is 17.3. The van der Waals surface area contributed by atoms with Crippen molar-refractivity contribution in [3.05, 3.63) is 58.9 Å². The highest BCUT2D eigenvalue weighted by Gasteiger charge is 2.26. The first-order valence-corrected chi connectivity index (χ1v) is 9.47. The predicted molar refractivity (Wildman–Crippen MR) is 90.6 cm³/mol. The van der Waals surface area contributed by atoms with Crippen LogP contribution < -0.4 is 4.90 Å². The van der Waals surface area contributed by atoms with E-state index >= 15 is 0 Å². The lowest BCUT2D eigenvalue weighted by atomic mass is 10.2. The van der Waals surface area contributed by atoms with E-state index in [1.54, 1.807) is 17.0 Å². The predicted octanol–water partition coefficient (Wildman–Crippen LogP) is 3.23. The molecule has 0 unspecified atom stereocenters. The average molecular weight is 368 g/mol. The largest absolute Gasteiger partial charge is 0.312 e. The quantitative estimate of drug-likeness (QED) is 0.779. The van der Waals surface area contributed by atoms with Gasteiger partial charge in [-0.25, -0.2) is 12.8 Å². The Hall–Kier alpha value is -1.92. The molecule has 1 heterocycles. The minimum Gasteiger partial charge on any atom is -0.312 e. The van der Waals surface area contributed by atoms with Crippen LogP contribution in [0.4, 0.5) is 10.1 Å². The van der Waals surface area contributed by atoms with Crippen molar-refractivity contribution in [1.82, 2.24) is 0 Å². The van der Waals surface area contributed by atoms with Crippen LogP contribution in [0.25, 0.3) is 0 Å². The van der Waals surface area contributed by atoms with Crippen LogP contribution in [0.5, 0.6) is 0 Å². The monoisotopic (exact) mass is 367 g/mol. The van der Waals surface area contributed by atoms with Crippen molar-refractivity contribution in [1.29, 1.82) is 0 Å². The molecule has 0 atom stereocenters. The molecule has 2 aromatic carbocycles. The van der Waals surface area contributed by atoms with E-state index in [1.165, 1.54) is 12.1 Å². The molecule has 4 nitrogen and oxygen atoms in total. The lowest BCUT2D eigenvalue weighted by Crippen LogP contribution is -2.30. The average Bonchev–Trinajstić information content (AvgIpc) is 2.96. The number of benzene rings is 2. The van der Waals surface area contributed by atoms with Gasteiger partial charge in [0.2, 0.25) is 5.91 Å². The summed E-state index contributed by atoms with van der Waals surface area (Å²) in [5.74, 6) is -1.06. The molecule has 0 spiro atoms. The molecule has 0 N–H and O–H groups in total. The van der Waals surface area contributed by atoms with Crippen LogP contribution in [0, 0.1) is 5.82 Å². The molecule has 24 heavy (non-hydrogen) atoms. The van der Waals surface area contributed by atoms with Gasteiger partial charge >= 0.3 is 0 Å². The van der Waals surface area contributed by atoms with Crippen molar-refractivity contribution >= 4 is 33.0 Å². The molecule has 0 saturated heterocycles. The highest BCUT2D eigenvalue weighted by Crippen LogP contribution is 2.31. The van der Waals surface area contributed by atoms with Gasteiger partial charge in [0.25, 0.3) is 0 Å². The first kappa shape index (κ1) is 16.9. The van der Waals surface area contributed by atoms with Crippen LogP contribution in [-0.2, 0) is 21.1 Å². The second-order valence-electron chi connectivity index (χ2n) is 5.59. The van der Waals surface area contributed by atoms with Crippen molar-refractivity contribution in [3.63, 3.8) is 0 Å². The van der Waals surface area contributed by atoms with Crippen molar-refractivity contribution < 1.29 is 17.6 Å². The third-order valence-corrected chi connectivity index (χ3v) is 5.96.